The second kappa shape index (κ2) is 8.01. The zero-order valence-corrected chi connectivity index (χ0v) is 15.1. The molecule has 0 aliphatic carbocycles. The van der Waals surface area contributed by atoms with Crippen LogP contribution in [0.5, 0.6) is 0 Å². The molecule has 1 rings (SSSR count). The predicted molar refractivity (Wildman–Crippen MR) is 93.0 cm³/mol. The second-order valence-corrected chi connectivity index (χ2v) is 7.06. The van der Waals surface area contributed by atoms with Crippen molar-refractivity contribution >= 4 is 47.8 Å². The van der Waals surface area contributed by atoms with Gasteiger partial charge < -0.3 is 10.1 Å². The molecule has 1 amide bonds. The quantitative estimate of drug-likeness (QED) is 0.551. The van der Waals surface area contributed by atoms with E-state index in [0.717, 1.165) is 11.1 Å². The lowest BCUT2D eigenvalue weighted by Crippen LogP contribution is -2.32. The average Bonchev–Trinajstić information content (AvgIpc) is 2.33. The number of benzene rings is 1. The summed E-state index contributed by atoms with van der Waals surface area (Å²) >= 11 is 8.23. The first-order valence-electron chi connectivity index (χ1n) is 5.85. The van der Waals surface area contributed by atoms with Gasteiger partial charge in [0.1, 0.15) is 5.60 Å². The second-order valence-electron chi connectivity index (χ2n) is 4.97. The van der Waals surface area contributed by atoms with Gasteiger partial charge >= 0.3 is 6.09 Å². The van der Waals surface area contributed by atoms with E-state index in [1.165, 1.54) is 8.93 Å². The number of rotatable bonds is 2. The van der Waals surface area contributed by atoms with Gasteiger partial charge in [-0.25, -0.2) is 4.79 Å². The Morgan fingerprint density at radius 2 is 2.20 bits per heavy atom. The maximum absolute atomic E-state index is 11.5. The molecule has 0 aliphatic heterocycles. The molecule has 1 aromatic carbocycles. The molecule has 108 valence electrons. The fourth-order valence-electron chi connectivity index (χ4n) is 1.33. The minimum Gasteiger partial charge on any atom is -0.444 e. The summed E-state index contributed by atoms with van der Waals surface area (Å²) in [4.78, 5) is 11.5. The van der Waals surface area contributed by atoms with Crippen LogP contribution in [0.15, 0.2) is 18.2 Å². The molecule has 0 fully saturated rings. The minimum atomic E-state index is -0.502. The van der Waals surface area contributed by atoms with Gasteiger partial charge in [0.2, 0.25) is 0 Å². The van der Waals surface area contributed by atoms with Gasteiger partial charge in [-0.05, 0) is 52.7 Å². The summed E-state index contributed by atoms with van der Waals surface area (Å²) < 4.78 is 5.16. The molecule has 0 unspecified atom stereocenters. The van der Waals surface area contributed by atoms with Gasteiger partial charge in [-0.3, -0.25) is 0 Å². The predicted octanol–water partition coefficient (Wildman–Crippen LogP) is 4.76. The number of hydrogen-bond acceptors (Lipinski definition) is 3. The molecule has 0 aliphatic rings. The number of carbonyl (C=O) groups is 1. The van der Waals surface area contributed by atoms with E-state index in [1.807, 2.05) is 32.9 Å². The Morgan fingerprint density at radius 1 is 1.50 bits per heavy atom. The van der Waals surface area contributed by atoms with Crippen molar-refractivity contribution in [2.45, 2.75) is 32.9 Å². The largest absolute Gasteiger partial charge is 0.444 e. The van der Waals surface area contributed by atoms with Crippen LogP contribution in [0.3, 0.4) is 0 Å². The molecule has 0 saturated carbocycles. The first kappa shape index (κ1) is 17.5. The topological polar surface area (TPSA) is 38.3 Å². The number of ether oxygens (including phenoxy) is 1. The van der Waals surface area contributed by atoms with Gasteiger partial charge in [0.05, 0.1) is 5.02 Å². The molecular formula is C14H15ClINO2S. The molecule has 3 nitrogen and oxygen atoms in total. The Bertz CT molecular complexity index is 546. The van der Waals surface area contributed by atoms with E-state index in [4.69, 9.17) is 16.3 Å². The van der Waals surface area contributed by atoms with Gasteiger partial charge in [-0.2, -0.15) is 0 Å². The lowest BCUT2D eigenvalue weighted by molar-refractivity contribution is 0.0523. The van der Waals surface area contributed by atoms with Crippen molar-refractivity contribution in [3.05, 3.63) is 34.3 Å². The van der Waals surface area contributed by atoms with E-state index in [1.54, 1.807) is 6.07 Å². The van der Waals surface area contributed by atoms with Crippen molar-refractivity contribution in [3.63, 3.8) is 0 Å². The van der Waals surface area contributed by atoms with Crippen LogP contribution in [0.4, 0.5) is 4.79 Å². The maximum Gasteiger partial charge on any atom is 0.407 e. The van der Waals surface area contributed by atoms with E-state index in [9.17, 15) is 4.79 Å². The van der Waals surface area contributed by atoms with Crippen LogP contribution in [0.25, 0.3) is 0 Å². The Kier molecular flexibility index (Phi) is 7.00. The third kappa shape index (κ3) is 6.73. The number of nitrogens with one attached hydrogen (secondary N) is 1. The summed E-state index contributed by atoms with van der Waals surface area (Å²) in [6, 6.07) is 5.51. The Balaban J connectivity index is 2.62. The van der Waals surface area contributed by atoms with E-state index in [-0.39, 0.29) is 0 Å². The third-order valence-electron chi connectivity index (χ3n) is 2.09. The van der Waals surface area contributed by atoms with Crippen molar-refractivity contribution in [2.24, 2.45) is 0 Å². The van der Waals surface area contributed by atoms with Crippen molar-refractivity contribution < 1.29 is 9.53 Å². The summed E-state index contributed by atoms with van der Waals surface area (Å²) in [6.45, 7) is 5.83. The smallest absolute Gasteiger partial charge is 0.407 e. The Hall–Kier alpha value is -0.580. The van der Waals surface area contributed by atoms with E-state index in [2.05, 4.69) is 37.7 Å². The SMILES string of the molecule is CC(C)(C)OC(=O)NCc1ccc(C#CSI)c(Cl)c1. The molecule has 0 spiro atoms. The molecule has 0 atom stereocenters. The van der Waals surface area contributed by atoms with E-state index >= 15 is 0 Å². The molecule has 0 saturated heterocycles. The van der Waals surface area contributed by atoms with E-state index in [0.29, 0.717) is 11.6 Å². The fraction of sp³-hybridized carbons (Fsp3) is 0.357. The van der Waals surface area contributed by atoms with Crippen LogP contribution in [-0.2, 0) is 11.3 Å². The van der Waals surface area contributed by atoms with Crippen molar-refractivity contribution in [2.75, 3.05) is 0 Å². The summed E-state index contributed by atoms with van der Waals surface area (Å²) in [5.41, 5.74) is 1.17. The first-order valence-corrected chi connectivity index (χ1v) is 9.59. The summed E-state index contributed by atoms with van der Waals surface area (Å²) in [5.74, 6) is 2.95. The van der Waals surface area contributed by atoms with Crippen LogP contribution in [0.1, 0.15) is 31.9 Å². The fourth-order valence-corrected chi connectivity index (χ4v) is 2.06. The zero-order valence-electron chi connectivity index (χ0n) is 11.4. The van der Waals surface area contributed by atoms with Crippen molar-refractivity contribution in [3.8, 4) is 11.2 Å². The van der Waals surface area contributed by atoms with Gasteiger partial charge in [0.25, 0.3) is 0 Å². The molecule has 0 aromatic heterocycles. The number of halogens is 2. The highest BCUT2D eigenvalue weighted by Gasteiger charge is 2.15. The van der Waals surface area contributed by atoms with Crippen LogP contribution in [-0.4, -0.2) is 11.7 Å². The van der Waals surface area contributed by atoms with Crippen LogP contribution in [0.2, 0.25) is 5.02 Å². The molecular weight excluding hydrogens is 409 g/mol. The summed E-state index contributed by atoms with van der Waals surface area (Å²) in [5, 5.41) is 6.14. The molecule has 0 radical (unpaired) electrons. The standard InChI is InChI=1S/C14H15ClINO2S/c1-14(2,3)19-13(18)17-9-10-4-5-11(6-7-20-16)12(15)8-10/h4-5,8H,9H2,1-3H3,(H,17,18). The van der Waals surface area contributed by atoms with Gasteiger partial charge in [0, 0.05) is 33.3 Å². The molecule has 1 aromatic rings. The van der Waals surface area contributed by atoms with E-state index < -0.39 is 11.7 Å². The summed E-state index contributed by atoms with van der Waals surface area (Å²) in [6.07, 6.45) is -0.446. The molecule has 20 heavy (non-hydrogen) atoms. The van der Waals surface area contributed by atoms with Crippen LogP contribution in [0, 0.1) is 11.2 Å². The molecule has 1 N–H and O–H groups in total. The zero-order chi connectivity index (χ0) is 15.2. The van der Waals surface area contributed by atoms with Crippen molar-refractivity contribution in [1.29, 1.82) is 0 Å². The Labute approximate surface area is 140 Å². The monoisotopic (exact) mass is 423 g/mol. The molecule has 6 heteroatoms. The minimum absolute atomic E-state index is 0.364. The van der Waals surface area contributed by atoms with Crippen molar-refractivity contribution in [1.82, 2.24) is 5.32 Å². The Morgan fingerprint density at radius 3 is 2.75 bits per heavy atom. The normalized spacial score (nSPS) is 10.4. The number of carbonyl (C=O) groups excluding carboxylic acids is 1. The highest BCUT2D eigenvalue weighted by molar-refractivity contribution is 14.2. The van der Waals surface area contributed by atoms with Gasteiger partial charge in [-0.15, -0.1) is 0 Å². The van der Waals surface area contributed by atoms with Gasteiger partial charge in [0.15, 0.2) is 0 Å². The number of alkyl carbamates (subject to hydrolysis) is 1. The highest BCUT2D eigenvalue weighted by atomic mass is 127. The lowest BCUT2D eigenvalue weighted by atomic mass is 10.1. The van der Waals surface area contributed by atoms with Crippen LogP contribution < -0.4 is 5.32 Å². The first-order chi connectivity index (χ1) is 9.31. The summed E-state index contributed by atoms with van der Waals surface area (Å²) in [7, 11) is 1.41. The lowest BCUT2D eigenvalue weighted by Gasteiger charge is -2.19. The van der Waals surface area contributed by atoms with Gasteiger partial charge in [-0.1, -0.05) is 23.6 Å². The maximum atomic E-state index is 11.5. The number of amides is 1. The third-order valence-corrected chi connectivity index (χ3v) is 3.25. The molecule has 0 bridgehead atoms. The molecule has 0 heterocycles. The van der Waals surface area contributed by atoms with Crippen LogP contribution >= 0.6 is 41.7 Å². The highest BCUT2D eigenvalue weighted by Crippen LogP contribution is 2.18. The number of hydrogen-bond donors (Lipinski definition) is 1. The average molecular weight is 424 g/mol.